The third-order valence-corrected chi connectivity index (χ3v) is 2.93. The standard InChI is InChI=1S/C10H12O2S/c1-6(2)10(12)9-4-8(5-11)7(3)13-9/h4-6H,1-3H3. The average Bonchev–Trinajstić information content (AvgIpc) is 2.45. The summed E-state index contributed by atoms with van der Waals surface area (Å²) in [6.45, 7) is 5.57. The average molecular weight is 196 g/mol. The molecule has 1 heterocycles. The normalized spacial score (nSPS) is 10.5. The molecular weight excluding hydrogens is 184 g/mol. The first kappa shape index (κ1) is 10.1. The van der Waals surface area contributed by atoms with Crippen molar-refractivity contribution in [2.45, 2.75) is 20.8 Å². The minimum atomic E-state index is -0.00227. The predicted molar refractivity (Wildman–Crippen MR) is 53.6 cm³/mol. The van der Waals surface area contributed by atoms with Crippen molar-refractivity contribution in [3.63, 3.8) is 0 Å². The molecule has 0 unspecified atom stereocenters. The molecule has 0 saturated carbocycles. The highest BCUT2D eigenvalue weighted by molar-refractivity contribution is 7.14. The maximum atomic E-state index is 11.5. The van der Waals surface area contributed by atoms with Crippen LogP contribution < -0.4 is 0 Å². The molecule has 1 aromatic heterocycles. The highest BCUT2D eigenvalue weighted by Gasteiger charge is 2.14. The van der Waals surface area contributed by atoms with Crippen LogP contribution in [0.1, 0.15) is 38.8 Å². The molecule has 0 radical (unpaired) electrons. The van der Waals surface area contributed by atoms with E-state index < -0.39 is 0 Å². The van der Waals surface area contributed by atoms with Gasteiger partial charge in [-0.25, -0.2) is 0 Å². The Bertz CT molecular complexity index is 337. The molecule has 1 aromatic rings. The van der Waals surface area contributed by atoms with E-state index in [2.05, 4.69) is 0 Å². The van der Waals surface area contributed by atoms with Crippen LogP contribution in [0.2, 0.25) is 0 Å². The van der Waals surface area contributed by atoms with Crippen LogP contribution in [0.4, 0.5) is 0 Å². The van der Waals surface area contributed by atoms with Gasteiger partial charge in [0.2, 0.25) is 0 Å². The highest BCUT2D eigenvalue weighted by atomic mass is 32.1. The number of aryl methyl sites for hydroxylation is 1. The summed E-state index contributed by atoms with van der Waals surface area (Å²) in [7, 11) is 0. The summed E-state index contributed by atoms with van der Waals surface area (Å²) in [5.74, 6) is 0.110. The Labute approximate surface area is 81.6 Å². The zero-order chi connectivity index (χ0) is 10.0. The van der Waals surface area contributed by atoms with Gasteiger partial charge in [-0.15, -0.1) is 11.3 Å². The fourth-order valence-corrected chi connectivity index (χ4v) is 2.10. The number of thiophene rings is 1. The maximum absolute atomic E-state index is 11.5. The third-order valence-electron chi connectivity index (χ3n) is 1.85. The molecule has 0 aliphatic carbocycles. The van der Waals surface area contributed by atoms with Crippen LogP contribution in [0.5, 0.6) is 0 Å². The molecule has 1 rings (SSSR count). The van der Waals surface area contributed by atoms with Crippen LogP contribution >= 0.6 is 11.3 Å². The molecule has 0 bridgehead atoms. The molecule has 0 amide bonds. The van der Waals surface area contributed by atoms with E-state index in [0.29, 0.717) is 10.4 Å². The smallest absolute Gasteiger partial charge is 0.175 e. The zero-order valence-corrected chi connectivity index (χ0v) is 8.77. The molecule has 70 valence electrons. The third kappa shape index (κ3) is 2.04. The SMILES string of the molecule is Cc1sc(C(=O)C(C)C)cc1C=O. The molecule has 0 N–H and O–H groups in total. The van der Waals surface area contributed by atoms with E-state index in [1.807, 2.05) is 20.8 Å². The Kier molecular flexibility index (Phi) is 2.98. The van der Waals surface area contributed by atoms with E-state index in [0.717, 1.165) is 11.2 Å². The summed E-state index contributed by atoms with van der Waals surface area (Å²) < 4.78 is 0. The molecule has 0 spiro atoms. The number of hydrogen-bond acceptors (Lipinski definition) is 3. The van der Waals surface area contributed by atoms with Crippen molar-refractivity contribution in [2.24, 2.45) is 5.92 Å². The molecule has 0 fully saturated rings. The van der Waals surface area contributed by atoms with Crippen molar-refractivity contribution >= 4 is 23.4 Å². The second-order valence-corrected chi connectivity index (χ2v) is 4.52. The number of aldehydes is 1. The van der Waals surface area contributed by atoms with E-state index in [1.165, 1.54) is 11.3 Å². The van der Waals surface area contributed by atoms with Crippen molar-refractivity contribution in [2.75, 3.05) is 0 Å². The van der Waals surface area contributed by atoms with E-state index in [-0.39, 0.29) is 11.7 Å². The Hall–Kier alpha value is -0.960. The lowest BCUT2D eigenvalue weighted by molar-refractivity contribution is 0.0943. The van der Waals surface area contributed by atoms with Gasteiger partial charge in [0.15, 0.2) is 12.1 Å². The molecule has 0 atom stereocenters. The van der Waals surface area contributed by atoms with Gasteiger partial charge in [-0.3, -0.25) is 9.59 Å². The van der Waals surface area contributed by atoms with Gasteiger partial charge < -0.3 is 0 Å². The first-order valence-corrected chi connectivity index (χ1v) is 4.97. The van der Waals surface area contributed by atoms with Gasteiger partial charge in [0.1, 0.15) is 0 Å². The molecule has 0 aliphatic heterocycles. The van der Waals surface area contributed by atoms with E-state index in [9.17, 15) is 9.59 Å². The van der Waals surface area contributed by atoms with Crippen molar-refractivity contribution in [1.29, 1.82) is 0 Å². The minimum Gasteiger partial charge on any atom is -0.298 e. The molecular formula is C10H12O2S. The van der Waals surface area contributed by atoms with Crippen LogP contribution in [0, 0.1) is 12.8 Å². The largest absolute Gasteiger partial charge is 0.298 e. The number of hydrogen-bond donors (Lipinski definition) is 0. The van der Waals surface area contributed by atoms with Crippen molar-refractivity contribution in [1.82, 2.24) is 0 Å². The summed E-state index contributed by atoms with van der Waals surface area (Å²) in [6, 6.07) is 1.68. The van der Waals surface area contributed by atoms with Crippen LogP contribution in [-0.2, 0) is 0 Å². The maximum Gasteiger partial charge on any atom is 0.175 e. The number of carbonyl (C=O) groups is 2. The van der Waals surface area contributed by atoms with Crippen LogP contribution in [0.3, 0.4) is 0 Å². The molecule has 0 aliphatic rings. The number of rotatable bonds is 3. The van der Waals surface area contributed by atoms with Gasteiger partial charge in [-0.05, 0) is 13.0 Å². The Morgan fingerprint density at radius 2 is 2.15 bits per heavy atom. The van der Waals surface area contributed by atoms with Gasteiger partial charge in [0, 0.05) is 16.4 Å². The van der Waals surface area contributed by atoms with Gasteiger partial charge in [0.25, 0.3) is 0 Å². The summed E-state index contributed by atoms with van der Waals surface area (Å²) >= 11 is 1.39. The number of Topliss-reactive ketones (excluding diaryl/α,β-unsaturated/α-hetero) is 1. The van der Waals surface area contributed by atoms with E-state index in [4.69, 9.17) is 0 Å². The lowest BCUT2D eigenvalue weighted by Crippen LogP contribution is -2.04. The number of ketones is 1. The van der Waals surface area contributed by atoms with Gasteiger partial charge in [-0.1, -0.05) is 13.8 Å². The molecule has 3 heteroatoms. The minimum absolute atomic E-state index is 0.00227. The van der Waals surface area contributed by atoms with Crippen LogP contribution in [0.15, 0.2) is 6.07 Å². The summed E-state index contributed by atoms with van der Waals surface area (Å²) in [4.78, 5) is 23.7. The monoisotopic (exact) mass is 196 g/mol. The Balaban J connectivity index is 3.03. The van der Waals surface area contributed by atoms with Gasteiger partial charge >= 0.3 is 0 Å². The topological polar surface area (TPSA) is 34.1 Å². The molecule has 0 aromatic carbocycles. The first-order chi connectivity index (χ1) is 6.06. The van der Waals surface area contributed by atoms with Gasteiger partial charge in [0.05, 0.1) is 4.88 Å². The van der Waals surface area contributed by atoms with Gasteiger partial charge in [-0.2, -0.15) is 0 Å². The van der Waals surface area contributed by atoms with Crippen molar-refractivity contribution in [3.8, 4) is 0 Å². The van der Waals surface area contributed by atoms with E-state index in [1.54, 1.807) is 6.07 Å². The first-order valence-electron chi connectivity index (χ1n) is 4.16. The summed E-state index contributed by atoms with van der Waals surface area (Å²) in [5, 5.41) is 0. The quantitative estimate of drug-likeness (QED) is 0.550. The van der Waals surface area contributed by atoms with Crippen molar-refractivity contribution < 1.29 is 9.59 Å². The summed E-state index contributed by atoms with van der Waals surface area (Å²) in [6.07, 6.45) is 0.795. The summed E-state index contributed by atoms with van der Waals surface area (Å²) in [5.41, 5.74) is 0.633. The van der Waals surface area contributed by atoms with E-state index >= 15 is 0 Å². The predicted octanol–water partition coefficient (Wildman–Crippen LogP) is 2.71. The van der Waals surface area contributed by atoms with Crippen LogP contribution in [-0.4, -0.2) is 12.1 Å². The second kappa shape index (κ2) is 3.83. The zero-order valence-electron chi connectivity index (χ0n) is 7.96. The molecule has 0 saturated heterocycles. The second-order valence-electron chi connectivity index (χ2n) is 3.26. The van der Waals surface area contributed by atoms with Crippen LogP contribution in [0.25, 0.3) is 0 Å². The Morgan fingerprint density at radius 1 is 1.54 bits per heavy atom. The lowest BCUT2D eigenvalue weighted by Gasteiger charge is -1.98. The fourth-order valence-electron chi connectivity index (χ4n) is 1.02. The lowest BCUT2D eigenvalue weighted by atomic mass is 10.1. The fraction of sp³-hybridized carbons (Fsp3) is 0.400. The highest BCUT2D eigenvalue weighted by Crippen LogP contribution is 2.22. The molecule has 2 nitrogen and oxygen atoms in total. The van der Waals surface area contributed by atoms with Crippen molar-refractivity contribution in [3.05, 3.63) is 21.4 Å². The number of carbonyl (C=O) groups excluding carboxylic acids is 2. The molecule has 13 heavy (non-hydrogen) atoms. The Morgan fingerprint density at radius 3 is 2.54 bits per heavy atom.